The van der Waals surface area contributed by atoms with Crippen molar-refractivity contribution in [1.82, 2.24) is 39.4 Å². The monoisotopic (exact) mass is 1450 g/mol. The van der Waals surface area contributed by atoms with Gasteiger partial charge in [-0.1, -0.05) is 66.3 Å². The fourth-order valence-electron chi connectivity index (χ4n) is 15.0. The van der Waals surface area contributed by atoms with Gasteiger partial charge in [0.05, 0.1) is 23.7 Å². The second kappa shape index (κ2) is 32.2. The predicted molar refractivity (Wildman–Crippen MR) is 382 cm³/mol. The summed E-state index contributed by atoms with van der Waals surface area (Å²) in [5, 5.41) is 6.09. The lowest BCUT2D eigenvalue weighted by Gasteiger charge is -2.44. The van der Waals surface area contributed by atoms with Gasteiger partial charge < -0.3 is 34.6 Å². The molecule has 19 nitrogen and oxygen atoms in total. The Labute approximate surface area is 594 Å². The van der Waals surface area contributed by atoms with Crippen LogP contribution in [-0.4, -0.2) is 218 Å². The number of rotatable bonds is 22. The maximum absolute atomic E-state index is 14.4. The van der Waals surface area contributed by atoms with Crippen molar-refractivity contribution in [3.63, 3.8) is 0 Å². The molecule has 5 saturated heterocycles. The number of carbonyl (C=O) groups excluding carboxylic acids is 4. The van der Waals surface area contributed by atoms with E-state index in [-0.39, 0.29) is 29.2 Å². The van der Waals surface area contributed by atoms with E-state index in [0.717, 1.165) is 138 Å². The van der Waals surface area contributed by atoms with Crippen molar-refractivity contribution < 1.29 is 53.9 Å². The zero-order valence-electron chi connectivity index (χ0n) is 56.5. The molecule has 7 aliphatic rings. The van der Waals surface area contributed by atoms with E-state index in [0.29, 0.717) is 93.6 Å². The van der Waals surface area contributed by atoms with E-state index in [1.54, 1.807) is 23.1 Å². The average Bonchev–Trinajstić information content (AvgIpc) is 1.22. The van der Waals surface area contributed by atoms with Crippen LogP contribution in [-0.2, 0) is 40.7 Å². The van der Waals surface area contributed by atoms with Gasteiger partial charge in [0.25, 0.3) is 31.7 Å². The third kappa shape index (κ3) is 18.3. The molecule has 0 radical (unpaired) electrons. The number of nitrogens with one attached hydrogen (secondary N) is 3. The Morgan fingerprint density at radius 2 is 1.51 bits per heavy atom. The summed E-state index contributed by atoms with van der Waals surface area (Å²) in [5.74, 6) is 5.73. The number of imide groups is 1. The number of hydrogen-bond acceptors (Lipinski definition) is 17. The SMILES string of the molecule is C[C@@]1(CN2CCC(CN3CCN(CC#Cc4ccc5c(c4)CN(C4CCC(=O)NC4=O)C5=O)CC3)CC2)CCC(c2ccc(Cl)cc2)=C(CN2CCN(c3ccc(C(=O)NS(=O)(=O)c4ccc(N[C@H](CCN5CCCOCC5)CSc5ccccc5)c(S(=O)(=O)C(F)(F)F)c4)cc3)CC2)C1. The molecule has 0 spiro atoms. The van der Waals surface area contributed by atoms with Crippen LogP contribution in [0.2, 0.25) is 5.02 Å². The van der Waals surface area contributed by atoms with Gasteiger partial charge in [-0.3, -0.25) is 34.3 Å². The highest BCUT2D eigenvalue weighted by molar-refractivity contribution is 7.99. The number of carbonyl (C=O) groups is 4. The number of nitrogens with zero attached hydrogens (tertiary/aromatic N) is 7. The molecule has 26 heteroatoms. The van der Waals surface area contributed by atoms with Gasteiger partial charge in [-0.05, 0) is 177 Å². The van der Waals surface area contributed by atoms with E-state index in [2.05, 4.69) is 70.9 Å². The zero-order valence-corrected chi connectivity index (χ0v) is 59.7. The maximum Gasteiger partial charge on any atom is 0.501 e. The topological polar surface area (TPSA) is 205 Å². The number of piperazine rings is 2. The summed E-state index contributed by atoms with van der Waals surface area (Å²) < 4.78 is 105. The Kier molecular flexibility index (Phi) is 23.5. The predicted octanol–water partition coefficient (Wildman–Crippen LogP) is 9.35. The van der Waals surface area contributed by atoms with Crippen LogP contribution in [0.3, 0.4) is 0 Å². The molecule has 100 heavy (non-hydrogen) atoms. The van der Waals surface area contributed by atoms with Crippen LogP contribution < -0.4 is 20.3 Å². The largest absolute Gasteiger partial charge is 0.501 e. The van der Waals surface area contributed by atoms with Gasteiger partial charge in [-0.15, -0.1) is 11.8 Å². The first kappa shape index (κ1) is 72.9. The number of alkyl halides is 3. The minimum Gasteiger partial charge on any atom is -0.380 e. The lowest BCUT2D eigenvalue weighted by molar-refractivity contribution is -0.136. The molecule has 3 N–H and O–H groups in total. The normalized spacial score (nSPS) is 21.9. The fourth-order valence-corrected chi connectivity index (χ4v) is 18.1. The van der Waals surface area contributed by atoms with Crippen LogP contribution in [0.1, 0.15) is 102 Å². The van der Waals surface area contributed by atoms with Crippen LogP contribution in [0.25, 0.3) is 5.57 Å². The Morgan fingerprint density at radius 3 is 2.24 bits per heavy atom. The first-order valence-electron chi connectivity index (χ1n) is 34.8. The number of fused-ring (bicyclic) bond motifs is 1. The molecule has 0 saturated carbocycles. The molecule has 6 heterocycles. The first-order valence-corrected chi connectivity index (χ1v) is 39.1. The van der Waals surface area contributed by atoms with Crippen molar-refractivity contribution >= 4 is 83.8 Å². The molecule has 0 bridgehead atoms. The van der Waals surface area contributed by atoms with Gasteiger partial charge >= 0.3 is 5.51 Å². The van der Waals surface area contributed by atoms with E-state index in [1.165, 1.54) is 53.4 Å². The quantitative estimate of drug-likeness (QED) is 0.0335. The Morgan fingerprint density at radius 1 is 0.780 bits per heavy atom. The van der Waals surface area contributed by atoms with Crippen LogP contribution >= 0.6 is 23.4 Å². The van der Waals surface area contributed by atoms with Crippen LogP contribution in [0.4, 0.5) is 24.5 Å². The van der Waals surface area contributed by atoms with Gasteiger partial charge in [-0.25, -0.2) is 21.6 Å². The van der Waals surface area contributed by atoms with E-state index < -0.39 is 64.7 Å². The number of thioether (sulfide) groups is 1. The Balaban J connectivity index is 0.610. The summed E-state index contributed by atoms with van der Waals surface area (Å²) >= 11 is 7.86. The van der Waals surface area contributed by atoms with Gasteiger partial charge in [0.1, 0.15) is 10.9 Å². The summed E-state index contributed by atoms with van der Waals surface area (Å²) in [6.45, 7) is 18.7. The van der Waals surface area contributed by atoms with Gasteiger partial charge in [-0.2, -0.15) is 13.2 Å². The fraction of sp³-hybridized carbons (Fsp3) is 0.486. The summed E-state index contributed by atoms with van der Waals surface area (Å²) in [6.07, 6.45) is 7.19. The minimum absolute atomic E-state index is 0.0144. The number of sulfone groups is 1. The van der Waals surface area contributed by atoms with Crippen molar-refractivity contribution in [2.75, 3.05) is 140 Å². The number of ether oxygens (including phenoxy) is 1. The highest BCUT2D eigenvalue weighted by Gasteiger charge is 2.49. The number of amides is 4. The van der Waals surface area contributed by atoms with Crippen molar-refractivity contribution in [1.29, 1.82) is 0 Å². The number of allylic oxidation sites excluding steroid dienone is 1. The lowest BCUT2D eigenvalue weighted by atomic mass is 9.71. The molecule has 0 aromatic heterocycles. The summed E-state index contributed by atoms with van der Waals surface area (Å²) in [4.78, 5) is 66.0. The summed E-state index contributed by atoms with van der Waals surface area (Å²) in [5.41, 5.74) is 1.07. The molecule has 5 fully saturated rings. The van der Waals surface area contributed by atoms with E-state index in [1.807, 2.05) is 59.3 Å². The number of likely N-dealkylation sites (tertiary alicyclic amines) is 1. The number of halogens is 4. The molecule has 1 unspecified atom stereocenters. The van der Waals surface area contributed by atoms with Crippen molar-refractivity contribution in [3.8, 4) is 11.8 Å². The second-order valence-electron chi connectivity index (χ2n) is 27.9. The van der Waals surface area contributed by atoms with Crippen molar-refractivity contribution in [2.45, 2.75) is 104 Å². The number of piperidine rings is 2. The van der Waals surface area contributed by atoms with Gasteiger partial charge in [0, 0.05) is 155 Å². The van der Waals surface area contributed by atoms with Crippen LogP contribution in [0.15, 0.2) is 136 Å². The molecule has 12 rings (SSSR count). The average molecular weight is 1450 g/mol. The first-order chi connectivity index (χ1) is 48.0. The Bertz CT molecular complexity index is 4090. The number of hydrogen-bond donors (Lipinski definition) is 3. The molecule has 5 aromatic carbocycles. The molecular formula is C74H88ClF3N10O9S3. The van der Waals surface area contributed by atoms with Crippen molar-refractivity contribution in [3.05, 3.63) is 154 Å². The summed E-state index contributed by atoms with van der Waals surface area (Å²) in [6, 6.07) is 31.0. The molecule has 4 amide bonds. The molecule has 6 aliphatic heterocycles. The highest BCUT2D eigenvalue weighted by atomic mass is 35.5. The zero-order chi connectivity index (χ0) is 70.2. The number of benzene rings is 5. The molecule has 3 atom stereocenters. The van der Waals surface area contributed by atoms with E-state index >= 15 is 0 Å². The van der Waals surface area contributed by atoms with E-state index in [9.17, 15) is 49.2 Å². The standard InChI is InChI=1S/C74H88ClF3N10O9S3/c1-73(52-86-31-25-54(26-32-86)48-84-36-34-83(35-37-84)29-5-7-53-10-20-65-57(45-53)50-88(72(65)92)67-22-23-69(89)80-71(67)91)28-24-64(55-11-15-59(75)16-12-55)58(47-73)49-85-38-40-87(41-39-85)61-17-13-56(14-18-61)70(90)81-100(95,96)63-19-21-66(68(46-63)99(93,94)74(76,77)78)79-60(51-98-62-8-3-2-4-9-62)27-33-82-30-6-43-97-44-42-82/h2-4,8-21,45-46,54,60,67,79H,6,22-44,47-52H2,1H3,(H,81,90)(H,80,89,91)/t60-,67?,73-/m1/s1. The minimum atomic E-state index is -6.10. The van der Waals surface area contributed by atoms with Crippen LogP contribution in [0, 0.1) is 23.2 Å². The van der Waals surface area contributed by atoms with Gasteiger partial charge in [0.15, 0.2) is 0 Å². The molecule has 5 aromatic rings. The van der Waals surface area contributed by atoms with Crippen molar-refractivity contribution in [2.24, 2.45) is 11.3 Å². The number of sulfonamides is 1. The Hall–Kier alpha value is -6.83. The van der Waals surface area contributed by atoms with Crippen LogP contribution in [0.5, 0.6) is 0 Å². The maximum atomic E-state index is 14.4. The molecule has 534 valence electrons. The van der Waals surface area contributed by atoms with E-state index in [4.69, 9.17) is 16.3 Å². The molecular weight excluding hydrogens is 1360 g/mol. The highest BCUT2D eigenvalue weighted by Crippen LogP contribution is 2.45. The number of anilines is 2. The molecule has 1 aliphatic carbocycles. The second-order valence-corrected chi connectivity index (χ2v) is 33.0. The van der Waals surface area contributed by atoms with Gasteiger partial charge in [0.2, 0.25) is 11.8 Å². The third-order valence-electron chi connectivity index (χ3n) is 20.6. The third-order valence-corrected chi connectivity index (χ3v) is 24.9. The smallest absolute Gasteiger partial charge is 0.380 e. The lowest BCUT2D eigenvalue weighted by Crippen LogP contribution is -2.52. The summed E-state index contributed by atoms with van der Waals surface area (Å²) in [7, 11) is -11.0.